The van der Waals surface area contributed by atoms with Gasteiger partial charge in [-0.25, -0.2) is 4.40 Å². The lowest BCUT2D eigenvalue weighted by Gasteiger charge is -2.28. The van der Waals surface area contributed by atoms with Crippen molar-refractivity contribution in [3.05, 3.63) is 50.2 Å². The van der Waals surface area contributed by atoms with Gasteiger partial charge in [0.15, 0.2) is 0 Å². The van der Waals surface area contributed by atoms with Gasteiger partial charge in [-0.05, 0) is 31.4 Å². The Kier molecular flexibility index (Phi) is 3.37. The molecule has 0 radical (unpaired) electrons. The number of hydrogen-bond acceptors (Lipinski definition) is 6. The SMILES string of the molecule is Nc1c(N2CCCCC2)c(=O)nc2[nH]/c(=C/c3ccco3)c(=O)n12. The Balaban J connectivity index is 1.94. The summed E-state index contributed by atoms with van der Waals surface area (Å²) in [5.74, 6) is 0.796. The van der Waals surface area contributed by atoms with E-state index < -0.39 is 5.56 Å². The van der Waals surface area contributed by atoms with Gasteiger partial charge in [0.2, 0.25) is 5.78 Å². The molecule has 3 N–H and O–H groups in total. The number of imidazole rings is 1. The smallest absolute Gasteiger partial charge is 0.300 e. The van der Waals surface area contributed by atoms with E-state index in [2.05, 4.69) is 9.97 Å². The summed E-state index contributed by atoms with van der Waals surface area (Å²) >= 11 is 0. The van der Waals surface area contributed by atoms with E-state index in [4.69, 9.17) is 10.2 Å². The van der Waals surface area contributed by atoms with Crippen molar-refractivity contribution in [1.29, 1.82) is 0 Å². The van der Waals surface area contributed by atoms with Gasteiger partial charge in [-0.15, -0.1) is 0 Å². The largest absolute Gasteiger partial charge is 0.465 e. The van der Waals surface area contributed by atoms with Crippen LogP contribution >= 0.6 is 0 Å². The van der Waals surface area contributed by atoms with E-state index in [0.717, 1.165) is 32.4 Å². The third-order valence-electron chi connectivity index (χ3n) is 4.29. The molecule has 3 aromatic heterocycles. The molecule has 1 aliphatic heterocycles. The first-order valence-electron chi connectivity index (χ1n) is 7.89. The molecule has 4 rings (SSSR count). The third-order valence-corrected chi connectivity index (χ3v) is 4.29. The zero-order chi connectivity index (χ0) is 16.7. The molecular formula is C16H17N5O3. The van der Waals surface area contributed by atoms with Crippen LogP contribution in [0.1, 0.15) is 25.0 Å². The van der Waals surface area contributed by atoms with Gasteiger partial charge in [-0.1, -0.05) is 0 Å². The molecule has 0 saturated carbocycles. The van der Waals surface area contributed by atoms with Crippen molar-refractivity contribution in [3.63, 3.8) is 0 Å². The summed E-state index contributed by atoms with van der Waals surface area (Å²) in [6.07, 6.45) is 6.20. The van der Waals surface area contributed by atoms with Crippen LogP contribution < -0.4 is 27.1 Å². The summed E-state index contributed by atoms with van der Waals surface area (Å²) in [6, 6.07) is 3.45. The van der Waals surface area contributed by atoms with Gasteiger partial charge < -0.3 is 20.0 Å². The fraction of sp³-hybridized carbons (Fsp3) is 0.312. The number of aromatic nitrogens is 3. The van der Waals surface area contributed by atoms with Gasteiger partial charge in [-0.3, -0.25) is 9.59 Å². The van der Waals surface area contributed by atoms with Crippen LogP contribution in [0.25, 0.3) is 11.9 Å². The Morgan fingerprint density at radius 2 is 2.04 bits per heavy atom. The van der Waals surface area contributed by atoms with Gasteiger partial charge >= 0.3 is 0 Å². The first kappa shape index (κ1) is 14.6. The van der Waals surface area contributed by atoms with Crippen molar-refractivity contribution in [1.82, 2.24) is 14.4 Å². The van der Waals surface area contributed by atoms with Crippen LogP contribution in [0.5, 0.6) is 0 Å². The van der Waals surface area contributed by atoms with Crippen molar-refractivity contribution in [2.24, 2.45) is 0 Å². The van der Waals surface area contributed by atoms with E-state index in [1.54, 1.807) is 18.2 Å². The number of aromatic amines is 1. The number of piperidine rings is 1. The number of nitrogen functional groups attached to an aromatic ring is 1. The predicted molar refractivity (Wildman–Crippen MR) is 90.1 cm³/mol. The first-order chi connectivity index (χ1) is 11.6. The number of fused-ring (bicyclic) bond motifs is 1. The van der Waals surface area contributed by atoms with Gasteiger partial charge in [0.1, 0.15) is 22.6 Å². The highest BCUT2D eigenvalue weighted by atomic mass is 16.3. The van der Waals surface area contributed by atoms with Crippen molar-refractivity contribution < 1.29 is 4.42 Å². The number of rotatable bonds is 2. The minimum absolute atomic E-state index is 0.132. The van der Waals surface area contributed by atoms with Gasteiger partial charge in [0.05, 0.1) is 6.26 Å². The zero-order valence-corrected chi connectivity index (χ0v) is 13.0. The number of anilines is 2. The number of nitrogens with two attached hydrogens (primary N) is 1. The summed E-state index contributed by atoms with van der Waals surface area (Å²) in [5.41, 5.74) is 5.70. The lowest BCUT2D eigenvalue weighted by molar-refractivity contribution is 0.556. The maximum atomic E-state index is 12.6. The molecular weight excluding hydrogens is 310 g/mol. The Labute approximate surface area is 136 Å². The molecule has 3 aromatic rings. The summed E-state index contributed by atoms with van der Waals surface area (Å²) in [6.45, 7) is 1.49. The van der Waals surface area contributed by atoms with Crippen LogP contribution in [-0.4, -0.2) is 27.5 Å². The van der Waals surface area contributed by atoms with Gasteiger partial charge in [-0.2, -0.15) is 4.98 Å². The van der Waals surface area contributed by atoms with E-state index in [9.17, 15) is 9.59 Å². The lowest BCUT2D eigenvalue weighted by Crippen LogP contribution is -2.36. The summed E-state index contributed by atoms with van der Waals surface area (Å²) in [4.78, 5) is 33.8. The van der Waals surface area contributed by atoms with Crippen LogP contribution in [-0.2, 0) is 0 Å². The maximum absolute atomic E-state index is 12.6. The third kappa shape index (κ3) is 2.27. The van der Waals surface area contributed by atoms with Crippen LogP contribution in [0.3, 0.4) is 0 Å². The second kappa shape index (κ2) is 5.55. The molecule has 124 valence electrons. The highest BCUT2D eigenvalue weighted by Crippen LogP contribution is 2.21. The molecule has 24 heavy (non-hydrogen) atoms. The van der Waals surface area contributed by atoms with Crippen LogP contribution in [0.15, 0.2) is 32.4 Å². The fourth-order valence-electron chi connectivity index (χ4n) is 3.14. The number of nitrogens with one attached hydrogen (secondary N) is 1. The number of furan rings is 1. The molecule has 1 saturated heterocycles. The minimum Gasteiger partial charge on any atom is -0.465 e. The highest BCUT2D eigenvalue weighted by molar-refractivity contribution is 5.66. The standard InChI is InChI=1S/C16H17N5O3/c17-13-12(20-6-2-1-3-7-20)14(22)19-16-18-11(15(23)21(13)16)9-10-5-4-8-24-10/h4-5,8-9H,1-3,6-7,17H2,(H,18,19,22)/b11-9+. The van der Waals surface area contributed by atoms with Crippen LogP contribution in [0, 0.1) is 0 Å². The van der Waals surface area contributed by atoms with Crippen molar-refractivity contribution in [2.45, 2.75) is 19.3 Å². The molecule has 8 nitrogen and oxygen atoms in total. The van der Waals surface area contributed by atoms with E-state index in [1.165, 1.54) is 10.7 Å². The molecule has 0 unspecified atom stereocenters. The second-order valence-corrected chi connectivity index (χ2v) is 5.86. The summed E-state index contributed by atoms with van der Waals surface area (Å²) in [7, 11) is 0. The quantitative estimate of drug-likeness (QED) is 0.691. The van der Waals surface area contributed by atoms with E-state index in [1.807, 2.05) is 4.90 Å². The van der Waals surface area contributed by atoms with Crippen LogP contribution in [0.2, 0.25) is 0 Å². The van der Waals surface area contributed by atoms with Gasteiger partial charge in [0.25, 0.3) is 11.1 Å². The molecule has 1 aliphatic rings. The molecule has 0 aromatic carbocycles. The minimum atomic E-state index is -0.416. The molecule has 0 aliphatic carbocycles. The van der Waals surface area contributed by atoms with Gasteiger partial charge in [0, 0.05) is 19.2 Å². The molecule has 4 heterocycles. The Morgan fingerprint density at radius 3 is 2.75 bits per heavy atom. The van der Waals surface area contributed by atoms with E-state index in [0.29, 0.717) is 11.4 Å². The predicted octanol–water partition coefficient (Wildman–Crippen LogP) is 0.0960. The molecule has 0 amide bonds. The van der Waals surface area contributed by atoms with E-state index >= 15 is 0 Å². The van der Waals surface area contributed by atoms with Crippen molar-refractivity contribution in [2.75, 3.05) is 23.7 Å². The molecule has 0 bridgehead atoms. The topological polar surface area (TPSA) is 110 Å². The average Bonchev–Trinajstić information content (AvgIpc) is 3.17. The Morgan fingerprint density at radius 1 is 1.25 bits per heavy atom. The molecule has 0 spiro atoms. The highest BCUT2D eigenvalue weighted by Gasteiger charge is 2.21. The number of H-pyrrole nitrogens is 1. The zero-order valence-electron chi connectivity index (χ0n) is 13.0. The Bertz CT molecular complexity index is 1040. The summed E-state index contributed by atoms with van der Waals surface area (Å²) in [5, 5.41) is 0.263. The normalized spacial score (nSPS) is 16.2. The van der Waals surface area contributed by atoms with E-state index in [-0.39, 0.29) is 22.5 Å². The average molecular weight is 327 g/mol. The number of hydrogen-bond donors (Lipinski definition) is 2. The lowest BCUT2D eigenvalue weighted by atomic mass is 10.1. The molecule has 0 atom stereocenters. The Hall–Kier alpha value is -3.03. The summed E-state index contributed by atoms with van der Waals surface area (Å²) < 4.78 is 6.47. The first-order valence-corrected chi connectivity index (χ1v) is 7.89. The van der Waals surface area contributed by atoms with Crippen molar-refractivity contribution in [3.8, 4) is 0 Å². The molecule has 8 heteroatoms. The second-order valence-electron chi connectivity index (χ2n) is 5.86. The molecule has 1 fully saturated rings. The maximum Gasteiger partial charge on any atom is 0.300 e. The van der Waals surface area contributed by atoms with Crippen molar-refractivity contribution >= 4 is 23.4 Å². The fourth-order valence-corrected chi connectivity index (χ4v) is 3.14. The number of nitrogens with zero attached hydrogens (tertiary/aromatic N) is 3. The van der Waals surface area contributed by atoms with Crippen LogP contribution in [0.4, 0.5) is 11.5 Å². The monoisotopic (exact) mass is 327 g/mol.